The monoisotopic (exact) mass is 333 g/mol. The molecule has 0 N–H and O–H groups in total. The number of hydrogen-bond donors (Lipinski definition) is 0. The quantitative estimate of drug-likeness (QED) is 0.720. The summed E-state index contributed by atoms with van der Waals surface area (Å²) in [6.07, 6.45) is 4.66. The zero-order chi connectivity index (χ0) is 17.5. The highest BCUT2D eigenvalue weighted by atomic mass is 16.5. The molecule has 1 atom stereocenters. The van der Waals surface area contributed by atoms with Crippen LogP contribution in [-0.4, -0.2) is 43.6 Å². The highest BCUT2D eigenvalue weighted by Gasteiger charge is 2.29. The van der Waals surface area contributed by atoms with Crippen molar-refractivity contribution < 1.29 is 19.1 Å². The van der Waals surface area contributed by atoms with E-state index in [4.69, 9.17) is 9.47 Å². The van der Waals surface area contributed by atoms with E-state index in [1.54, 1.807) is 7.11 Å². The first-order chi connectivity index (χ1) is 11.5. The maximum absolute atomic E-state index is 12.8. The molecule has 0 saturated heterocycles. The number of ether oxygens (including phenoxy) is 2. The molecule has 0 aliphatic heterocycles. The third-order valence-electron chi connectivity index (χ3n) is 4.67. The molecular weight excluding hydrogens is 306 g/mol. The van der Waals surface area contributed by atoms with Gasteiger partial charge in [-0.2, -0.15) is 0 Å². The first-order valence-electron chi connectivity index (χ1n) is 8.55. The van der Waals surface area contributed by atoms with E-state index in [9.17, 15) is 9.59 Å². The van der Waals surface area contributed by atoms with E-state index in [-0.39, 0.29) is 23.8 Å². The largest absolute Gasteiger partial charge is 0.497 e. The molecule has 1 aromatic carbocycles. The molecule has 0 aromatic heterocycles. The van der Waals surface area contributed by atoms with Crippen molar-refractivity contribution in [3.8, 4) is 5.75 Å². The molecule has 1 aliphatic rings. The summed E-state index contributed by atoms with van der Waals surface area (Å²) in [4.78, 5) is 26.5. The molecule has 1 fully saturated rings. The van der Waals surface area contributed by atoms with Gasteiger partial charge in [0.1, 0.15) is 5.75 Å². The predicted octanol–water partition coefficient (Wildman–Crippen LogP) is 2.82. The second kappa shape index (κ2) is 8.71. The van der Waals surface area contributed by atoms with E-state index in [1.165, 1.54) is 7.11 Å². The first kappa shape index (κ1) is 18.3. The molecule has 0 spiro atoms. The maximum Gasteiger partial charge on any atom is 0.310 e. The molecule has 1 amide bonds. The van der Waals surface area contributed by atoms with Crippen LogP contribution in [0.25, 0.3) is 0 Å². The van der Waals surface area contributed by atoms with Crippen LogP contribution >= 0.6 is 0 Å². The van der Waals surface area contributed by atoms with Crippen molar-refractivity contribution in [3.63, 3.8) is 0 Å². The molecule has 132 valence electrons. The summed E-state index contributed by atoms with van der Waals surface area (Å²) >= 11 is 0. The molecule has 1 saturated carbocycles. The van der Waals surface area contributed by atoms with Gasteiger partial charge in [-0.3, -0.25) is 9.59 Å². The van der Waals surface area contributed by atoms with Gasteiger partial charge >= 0.3 is 5.97 Å². The Bertz CT molecular complexity index is 549. The van der Waals surface area contributed by atoms with Crippen molar-refractivity contribution in [3.05, 3.63) is 29.8 Å². The number of carbonyl (C=O) groups is 2. The van der Waals surface area contributed by atoms with E-state index >= 15 is 0 Å². The van der Waals surface area contributed by atoms with Crippen LogP contribution in [0.15, 0.2) is 24.3 Å². The van der Waals surface area contributed by atoms with Gasteiger partial charge in [0, 0.05) is 12.6 Å². The number of methoxy groups -OCH3 is 2. The van der Waals surface area contributed by atoms with Crippen molar-refractivity contribution in [1.29, 1.82) is 0 Å². The fourth-order valence-electron chi connectivity index (χ4n) is 3.26. The van der Waals surface area contributed by atoms with Crippen LogP contribution in [0, 0.1) is 5.92 Å². The number of carbonyl (C=O) groups excluding carboxylic acids is 2. The average molecular weight is 333 g/mol. The summed E-state index contributed by atoms with van der Waals surface area (Å²) in [6.45, 7) is 2.24. The molecule has 0 heterocycles. The Balaban J connectivity index is 2.06. The van der Waals surface area contributed by atoms with E-state index in [0.717, 1.165) is 37.0 Å². The Kier molecular flexibility index (Phi) is 6.64. The lowest BCUT2D eigenvalue weighted by Crippen LogP contribution is -2.43. The van der Waals surface area contributed by atoms with Gasteiger partial charge < -0.3 is 14.4 Å². The Morgan fingerprint density at radius 3 is 2.33 bits per heavy atom. The summed E-state index contributed by atoms with van der Waals surface area (Å²) < 4.78 is 9.96. The van der Waals surface area contributed by atoms with E-state index in [0.29, 0.717) is 13.0 Å². The number of hydrogen-bond acceptors (Lipinski definition) is 4. The van der Waals surface area contributed by atoms with Gasteiger partial charge in [0.2, 0.25) is 5.91 Å². The molecule has 1 aliphatic carbocycles. The minimum atomic E-state index is -0.310. The van der Waals surface area contributed by atoms with Gasteiger partial charge in [-0.1, -0.05) is 31.9 Å². The lowest BCUT2D eigenvalue weighted by molar-refractivity contribution is -0.147. The number of amides is 1. The summed E-state index contributed by atoms with van der Waals surface area (Å²) in [5.41, 5.74) is 0.953. The minimum absolute atomic E-state index is 0.0721. The van der Waals surface area contributed by atoms with Crippen LogP contribution in [0.5, 0.6) is 5.75 Å². The third kappa shape index (κ3) is 4.73. The van der Waals surface area contributed by atoms with E-state index in [1.807, 2.05) is 36.1 Å². The molecule has 0 bridgehead atoms. The summed E-state index contributed by atoms with van der Waals surface area (Å²) in [7, 11) is 3.01. The Hall–Kier alpha value is -2.04. The lowest BCUT2D eigenvalue weighted by Gasteiger charge is -2.31. The molecule has 24 heavy (non-hydrogen) atoms. The number of esters is 1. The van der Waals surface area contributed by atoms with Crippen molar-refractivity contribution in [2.75, 3.05) is 20.8 Å². The zero-order valence-corrected chi connectivity index (χ0v) is 14.8. The number of nitrogens with zero attached hydrogens (tertiary/aromatic N) is 1. The van der Waals surface area contributed by atoms with Gasteiger partial charge in [-0.25, -0.2) is 0 Å². The van der Waals surface area contributed by atoms with E-state index in [2.05, 4.69) is 0 Å². The molecule has 5 nitrogen and oxygen atoms in total. The Morgan fingerprint density at radius 2 is 1.79 bits per heavy atom. The lowest BCUT2D eigenvalue weighted by atomic mass is 10.1. The molecule has 2 rings (SSSR count). The fourth-order valence-corrected chi connectivity index (χ4v) is 3.26. The molecule has 1 unspecified atom stereocenters. The van der Waals surface area contributed by atoms with Crippen LogP contribution < -0.4 is 4.74 Å². The van der Waals surface area contributed by atoms with Crippen molar-refractivity contribution in [2.24, 2.45) is 5.92 Å². The molecule has 1 aromatic rings. The average Bonchev–Trinajstić information content (AvgIpc) is 3.13. The fraction of sp³-hybridized carbons (Fsp3) is 0.579. The highest BCUT2D eigenvalue weighted by Crippen LogP contribution is 2.25. The SMILES string of the molecule is COC(=O)C(C)CN(C(=O)Cc1ccc(OC)cc1)C1CCCC1. The van der Waals surface area contributed by atoms with Crippen LogP contribution in [0.1, 0.15) is 38.2 Å². The maximum atomic E-state index is 12.8. The Morgan fingerprint density at radius 1 is 1.17 bits per heavy atom. The number of rotatable bonds is 7. The molecule has 0 radical (unpaired) electrons. The zero-order valence-electron chi connectivity index (χ0n) is 14.8. The van der Waals surface area contributed by atoms with Gasteiger partial charge in [0.05, 0.1) is 26.6 Å². The predicted molar refractivity (Wildman–Crippen MR) is 91.8 cm³/mol. The topological polar surface area (TPSA) is 55.8 Å². The van der Waals surface area contributed by atoms with Crippen LogP contribution in [0.4, 0.5) is 0 Å². The summed E-state index contributed by atoms with van der Waals surface area (Å²) in [5.74, 6) is 0.270. The standard InChI is InChI=1S/C19H27NO4/c1-14(19(22)24-3)13-20(16-6-4-5-7-16)18(21)12-15-8-10-17(23-2)11-9-15/h8-11,14,16H,4-7,12-13H2,1-3H3. The van der Waals surface area contributed by atoms with Gasteiger partial charge in [0.15, 0.2) is 0 Å². The summed E-state index contributed by atoms with van der Waals surface area (Å²) in [6, 6.07) is 7.78. The normalized spacial score (nSPS) is 15.8. The van der Waals surface area contributed by atoms with Crippen LogP contribution in [0.2, 0.25) is 0 Å². The second-order valence-electron chi connectivity index (χ2n) is 6.43. The highest BCUT2D eigenvalue weighted by molar-refractivity contribution is 5.80. The van der Waals surface area contributed by atoms with Gasteiger partial charge in [-0.05, 0) is 30.5 Å². The first-order valence-corrected chi connectivity index (χ1v) is 8.55. The third-order valence-corrected chi connectivity index (χ3v) is 4.67. The van der Waals surface area contributed by atoms with E-state index < -0.39 is 0 Å². The van der Waals surface area contributed by atoms with Crippen LogP contribution in [0.3, 0.4) is 0 Å². The minimum Gasteiger partial charge on any atom is -0.497 e. The van der Waals surface area contributed by atoms with Crippen LogP contribution in [-0.2, 0) is 20.7 Å². The van der Waals surface area contributed by atoms with Crippen molar-refractivity contribution in [1.82, 2.24) is 4.90 Å². The van der Waals surface area contributed by atoms with Gasteiger partial charge in [0.25, 0.3) is 0 Å². The second-order valence-corrected chi connectivity index (χ2v) is 6.43. The van der Waals surface area contributed by atoms with Crippen molar-refractivity contribution >= 4 is 11.9 Å². The van der Waals surface area contributed by atoms with Gasteiger partial charge in [-0.15, -0.1) is 0 Å². The molecular formula is C19H27NO4. The summed E-state index contributed by atoms with van der Waals surface area (Å²) in [5, 5.41) is 0. The Labute approximate surface area is 143 Å². The number of benzene rings is 1. The smallest absolute Gasteiger partial charge is 0.310 e. The van der Waals surface area contributed by atoms with Crippen molar-refractivity contribution in [2.45, 2.75) is 45.1 Å². The molecule has 5 heteroatoms.